The zero-order valence-electron chi connectivity index (χ0n) is 20.1. The summed E-state index contributed by atoms with van der Waals surface area (Å²) in [5.41, 5.74) is 0.836. The SMILES string of the molecule is C.CC(=O)Nc1ccc(Nc2ncc(C(F)(F)F)c(C[C@@H]3CCCC[C@H]3N(C)S(C)(=O)=O)n2)cc1C. The van der Waals surface area contributed by atoms with Crippen molar-refractivity contribution in [2.24, 2.45) is 5.92 Å². The summed E-state index contributed by atoms with van der Waals surface area (Å²) < 4.78 is 66.8. The lowest BCUT2D eigenvalue weighted by atomic mass is 9.81. The molecule has 1 heterocycles. The molecule has 1 aliphatic rings. The van der Waals surface area contributed by atoms with Crippen LogP contribution in [0.4, 0.5) is 30.5 Å². The van der Waals surface area contributed by atoms with Crippen molar-refractivity contribution in [2.75, 3.05) is 23.9 Å². The van der Waals surface area contributed by atoms with Crippen molar-refractivity contribution in [3.63, 3.8) is 0 Å². The van der Waals surface area contributed by atoms with Crippen molar-refractivity contribution >= 4 is 33.3 Å². The van der Waals surface area contributed by atoms with E-state index < -0.39 is 27.8 Å². The highest BCUT2D eigenvalue weighted by molar-refractivity contribution is 7.88. The summed E-state index contributed by atoms with van der Waals surface area (Å²) in [6.07, 6.45) is 0.0410. The quantitative estimate of drug-likeness (QED) is 0.515. The Kier molecular flexibility index (Phi) is 9.46. The highest BCUT2D eigenvalue weighted by Crippen LogP contribution is 2.36. The number of aromatic nitrogens is 2. The van der Waals surface area contributed by atoms with E-state index in [9.17, 15) is 26.4 Å². The molecule has 200 valence electrons. The van der Waals surface area contributed by atoms with E-state index in [2.05, 4.69) is 20.6 Å². The topological polar surface area (TPSA) is 104 Å². The third kappa shape index (κ3) is 7.39. The van der Waals surface area contributed by atoms with E-state index in [4.69, 9.17) is 0 Å². The van der Waals surface area contributed by atoms with Crippen LogP contribution in [0.2, 0.25) is 0 Å². The van der Waals surface area contributed by atoms with Crippen LogP contribution in [-0.2, 0) is 27.4 Å². The molecular weight excluding hydrogens is 495 g/mol. The number of nitrogens with zero attached hydrogens (tertiary/aromatic N) is 3. The second-order valence-corrected chi connectivity index (χ2v) is 11.0. The van der Waals surface area contributed by atoms with Crippen LogP contribution in [0.1, 0.15) is 56.9 Å². The Morgan fingerprint density at radius 1 is 1.22 bits per heavy atom. The Balaban J connectivity index is 0.00000456. The summed E-state index contributed by atoms with van der Waals surface area (Å²) in [4.78, 5) is 19.4. The molecule has 0 bridgehead atoms. The highest BCUT2D eigenvalue weighted by Gasteiger charge is 2.38. The summed E-state index contributed by atoms with van der Waals surface area (Å²) in [7, 11) is -2.02. The Morgan fingerprint density at radius 2 is 1.89 bits per heavy atom. The maximum absolute atomic E-state index is 13.8. The normalized spacial score (nSPS) is 18.4. The molecule has 1 saturated carbocycles. The molecule has 0 saturated heterocycles. The number of hydrogen-bond acceptors (Lipinski definition) is 6. The number of amides is 1. The number of halogens is 3. The number of alkyl halides is 3. The number of carbonyl (C=O) groups excluding carboxylic acids is 1. The van der Waals surface area contributed by atoms with Gasteiger partial charge in [0.1, 0.15) is 0 Å². The molecule has 1 aromatic carbocycles. The molecule has 12 heteroatoms. The molecule has 8 nitrogen and oxygen atoms in total. The maximum Gasteiger partial charge on any atom is 0.419 e. The first-order valence-corrected chi connectivity index (χ1v) is 13.1. The summed E-state index contributed by atoms with van der Waals surface area (Å²) in [6, 6.07) is 4.68. The van der Waals surface area contributed by atoms with Crippen molar-refractivity contribution in [1.82, 2.24) is 14.3 Å². The van der Waals surface area contributed by atoms with Gasteiger partial charge in [0, 0.05) is 37.6 Å². The monoisotopic (exact) mass is 529 g/mol. The van der Waals surface area contributed by atoms with Crippen LogP contribution in [0.3, 0.4) is 0 Å². The summed E-state index contributed by atoms with van der Waals surface area (Å²) in [6.45, 7) is 3.19. The van der Waals surface area contributed by atoms with Gasteiger partial charge in [0.15, 0.2) is 0 Å². The summed E-state index contributed by atoms with van der Waals surface area (Å²) >= 11 is 0. The minimum atomic E-state index is -4.64. The van der Waals surface area contributed by atoms with Crippen molar-refractivity contribution in [2.45, 2.75) is 65.6 Å². The average Bonchev–Trinajstić information content (AvgIpc) is 2.74. The Bertz CT molecular complexity index is 1190. The lowest BCUT2D eigenvalue weighted by Crippen LogP contribution is -2.44. The van der Waals surface area contributed by atoms with Crippen LogP contribution in [-0.4, -0.2) is 47.9 Å². The van der Waals surface area contributed by atoms with Crippen molar-refractivity contribution in [3.05, 3.63) is 41.2 Å². The van der Waals surface area contributed by atoms with Gasteiger partial charge in [-0.15, -0.1) is 0 Å². The predicted molar refractivity (Wildman–Crippen MR) is 135 cm³/mol. The van der Waals surface area contributed by atoms with Gasteiger partial charge in [-0.1, -0.05) is 20.3 Å². The maximum atomic E-state index is 13.8. The summed E-state index contributed by atoms with van der Waals surface area (Å²) in [5, 5.41) is 5.63. The zero-order valence-corrected chi connectivity index (χ0v) is 20.9. The Labute approximate surface area is 210 Å². The van der Waals surface area contributed by atoms with E-state index in [0.29, 0.717) is 24.2 Å². The molecule has 1 amide bonds. The van der Waals surface area contributed by atoms with E-state index in [0.717, 1.165) is 30.9 Å². The fourth-order valence-electron chi connectivity index (χ4n) is 4.47. The van der Waals surface area contributed by atoms with Gasteiger partial charge in [0.2, 0.25) is 21.9 Å². The van der Waals surface area contributed by atoms with E-state index >= 15 is 0 Å². The lowest BCUT2D eigenvalue weighted by Gasteiger charge is -2.37. The van der Waals surface area contributed by atoms with E-state index in [1.54, 1.807) is 25.1 Å². The first-order chi connectivity index (χ1) is 16.3. The minimum absolute atomic E-state index is 0. The number of nitrogens with one attached hydrogen (secondary N) is 2. The number of benzene rings is 1. The van der Waals surface area contributed by atoms with Crippen LogP contribution in [0, 0.1) is 12.8 Å². The van der Waals surface area contributed by atoms with Crippen LogP contribution in [0.5, 0.6) is 0 Å². The smallest absolute Gasteiger partial charge is 0.326 e. The van der Waals surface area contributed by atoms with Gasteiger partial charge >= 0.3 is 6.18 Å². The fourth-order valence-corrected chi connectivity index (χ4v) is 5.24. The molecular formula is C24H34F3N5O3S. The Hall–Kier alpha value is -2.73. The van der Waals surface area contributed by atoms with Crippen LogP contribution in [0.25, 0.3) is 0 Å². The molecule has 2 N–H and O–H groups in total. The molecule has 0 unspecified atom stereocenters. The zero-order chi connectivity index (χ0) is 26.0. The second kappa shape index (κ2) is 11.5. The van der Waals surface area contributed by atoms with Crippen LogP contribution >= 0.6 is 0 Å². The molecule has 0 spiro atoms. The van der Waals surface area contributed by atoms with Gasteiger partial charge in [-0.25, -0.2) is 22.7 Å². The van der Waals surface area contributed by atoms with Gasteiger partial charge in [-0.2, -0.15) is 13.2 Å². The van der Waals surface area contributed by atoms with E-state index in [-0.39, 0.29) is 37.3 Å². The molecule has 2 atom stereocenters. The average molecular weight is 530 g/mol. The molecule has 36 heavy (non-hydrogen) atoms. The third-order valence-electron chi connectivity index (χ3n) is 6.28. The number of anilines is 3. The second-order valence-electron chi connectivity index (χ2n) is 8.98. The third-order valence-corrected chi connectivity index (χ3v) is 7.60. The van der Waals surface area contributed by atoms with E-state index in [1.165, 1.54) is 18.3 Å². The van der Waals surface area contributed by atoms with Gasteiger partial charge in [0.25, 0.3) is 0 Å². The molecule has 1 fully saturated rings. The van der Waals surface area contributed by atoms with Crippen LogP contribution < -0.4 is 10.6 Å². The lowest BCUT2D eigenvalue weighted by molar-refractivity contribution is -0.138. The fraction of sp³-hybridized carbons (Fsp3) is 0.542. The highest BCUT2D eigenvalue weighted by atomic mass is 32.2. The minimum Gasteiger partial charge on any atom is -0.326 e. The van der Waals surface area contributed by atoms with Crippen molar-refractivity contribution in [1.29, 1.82) is 0 Å². The van der Waals surface area contributed by atoms with Crippen molar-refractivity contribution in [3.8, 4) is 0 Å². The summed E-state index contributed by atoms with van der Waals surface area (Å²) in [5.74, 6) is -0.512. The molecule has 0 aliphatic heterocycles. The molecule has 1 aliphatic carbocycles. The molecule has 2 aromatic rings. The number of hydrogen-bond donors (Lipinski definition) is 2. The van der Waals surface area contributed by atoms with Gasteiger partial charge in [0.05, 0.1) is 17.5 Å². The molecule has 1 aromatic heterocycles. The van der Waals surface area contributed by atoms with E-state index in [1.807, 2.05) is 0 Å². The standard InChI is InChI=1S/C23H30F3N5O3S.CH4/c1-14-11-17(9-10-19(14)28-15(2)32)29-22-27-13-18(23(24,25)26)20(30-22)12-16-7-5-6-8-21(16)31(3)35(4,33)34;/h9-11,13,16,21H,5-8,12H2,1-4H3,(H,28,32)(H,27,29,30);1H4/t16-,21+;/m0./s1. The molecule has 0 radical (unpaired) electrons. The number of carbonyl (C=O) groups is 1. The van der Waals surface area contributed by atoms with Crippen molar-refractivity contribution < 1.29 is 26.4 Å². The number of rotatable bonds is 7. The number of aryl methyl sites for hydroxylation is 1. The predicted octanol–water partition coefficient (Wildman–Crippen LogP) is 5.13. The molecule has 3 rings (SSSR count). The largest absolute Gasteiger partial charge is 0.419 e. The van der Waals surface area contributed by atoms with Gasteiger partial charge in [-0.3, -0.25) is 4.79 Å². The first-order valence-electron chi connectivity index (χ1n) is 11.3. The van der Waals surface area contributed by atoms with Gasteiger partial charge in [-0.05, 0) is 55.9 Å². The number of sulfonamides is 1. The van der Waals surface area contributed by atoms with Crippen LogP contribution in [0.15, 0.2) is 24.4 Å². The first kappa shape index (κ1) is 29.5. The van der Waals surface area contributed by atoms with Gasteiger partial charge < -0.3 is 10.6 Å². The Morgan fingerprint density at radius 3 is 2.47 bits per heavy atom.